The second-order valence-corrected chi connectivity index (χ2v) is 6.60. The SMILES string of the molecule is CC(=O)N1CC(=O)N(Cc2cccnc2)CC(OCc2cccc(F)c2)C1. The lowest BCUT2D eigenvalue weighted by molar-refractivity contribution is -0.137. The Labute approximate surface area is 157 Å². The molecule has 1 atom stereocenters. The molecule has 142 valence electrons. The Bertz CT molecular complexity index is 800. The Morgan fingerprint density at radius 3 is 2.78 bits per heavy atom. The second kappa shape index (κ2) is 8.73. The van der Waals surface area contributed by atoms with E-state index in [1.54, 1.807) is 29.4 Å². The van der Waals surface area contributed by atoms with Crippen LogP contribution < -0.4 is 0 Å². The van der Waals surface area contributed by atoms with Gasteiger partial charge in [0.25, 0.3) is 0 Å². The van der Waals surface area contributed by atoms with Crippen LogP contribution in [-0.4, -0.2) is 52.3 Å². The Kier molecular flexibility index (Phi) is 6.13. The molecule has 1 saturated heterocycles. The normalized spacial score (nSPS) is 17.7. The highest BCUT2D eigenvalue weighted by Gasteiger charge is 2.29. The van der Waals surface area contributed by atoms with Gasteiger partial charge < -0.3 is 14.5 Å². The molecule has 7 heteroatoms. The summed E-state index contributed by atoms with van der Waals surface area (Å²) in [6, 6.07) is 9.91. The lowest BCUT2D eigenvalue weighted by Gasteiger charge is -2.24. The molecule has 1 aliphatic heterocycles. The molecular weight excluding hydrogens is 349 g/mol. The highest BCUT2D eigenvalue weighted by atomic mass is 19.1. The van der Waals surface area contributed by atoms with Gasteiger partial charge in [-0.3, -0.25) is 14.6 Å². The van der Waals surface area contributed by atoms with E-state index in [0.717, 1.165) is 5.56 Å². The third kappa shape index (κ3) is 5.34. The van der Waals surface area contributed by atoms with E-state index < -0.39 is 0 Å². The zero-order valence-electron chi connectivity index (χ0n) is 15.2. The van der Waals surface area contributed by atoms with Crippen molar-refractivity contribution in [3.63, 3.8) is 0 Å². The molecule has 1 unspecified atom stereocenters. The number of hydrogen-bond acceptors (Lipinski definition) is 4. The van der Waals surface area contributed by atoms with Crippen LogP contribution in [0.4, 0.5) is 4.39 Å². The molecule has 0 aliphatic carbocycles. The molecule has 0 saturated carbocycles. The lowest BCUT2D eigenvalue weighted by atomic mass is 10.2. The summed E-state index contributed by atoms with van der Waals surface area (Å²) in [5.74, 6) is -0.632. The minimum atomic E-state index is -0.361. The van der Waals surface area contributed by atoms with Crippen molar-refractivity contribution in [3.05, 3.63) is 65.7 Å². The first kappa shape index (κ1) is 19.0. The zero-order chi connectivity index (χ0) is 19.2. The summed E-state index contributed by atoms with van der Waals surface area (Å²) in [5.41, 5.74) is 1.62. The van der Waals surface area contributed by atoms with Crippen molar-refractivity contribution < 1.29 is 18.7 Å². The summed E-state index contributed by atoms with van der Waals surface area (Å²) < 4.78 is 19.3. The third-order valence-corrected chi connectivity index (χ3v) is 4.44. The number of rotatable bonds is 5. The quantitative estimate of drug-likeness (QED) is 0.807. The molecule has 0 N–H and O–H groups in total. The van der Waals surface area contributed by atoms with E-state index in [2.05, 4.69) is 4.98 Å². The van der Waals surface area contributed by atoms with E-state index in [-0.39, 0.29) is 36.9 Å². The van der Waals surface area contributed by atoms with Crippen molar-refractivity contribution in [2.45, 2.75) is 26.2 Å². The summed E-state index contributed by atoms with van der Waals surface area (Å²) >= 11 is 0. The molecule has 0 radical (unpaired) electrons. The predicted octanol–water partition coefficient (Wildman–Crippen LogP) is 2.00. The van der Waals surface area contributed by atoms with E-state index in [9.17, 15) is 14.0 Å². The Morgan fingerprint density at radius 1 is 1.26 bits per heavy atom. The van der Waals surface area contributed by atoms with Gasteiger partial charge in [-0.15, -0.1) is 0 Å². The fourth-order valence-corrected chi connectivity index (χ4v) is 3.03. The highest BCUT2D eigenvalue weighted by molar-refractivity contribution is 5.84. The molecule has 1 aromatic heterocycles. The van der Waals surface area contributed by atoms with Gasteiger partial charge in [0, 0.05) is 39.0 Å². The van der Waals surface area contributed by atoms with Gasteiger partial charge in [-0.25, -0.2) is 4.39 Å². The molecular formula is C20H22FN3O3. The van der Waals surface area contributed by atoms with Crippen molar-refractivity contribution in [2.24, 2.45) is 0 Å². The second-order valence-electron chi connectivity index (χ2n) is 6.60. The Hall–Kier alpha value is -2.80. The minimum absolute atomic E-state index is 0.0232. The van der Waals surface area contributed by atoms with Gasteiger partial charge in [-0.1, -0.05) is 18.2 Å². The zero-order valence-corrected chi connectivity index (χ0v) is 15.2. The number of amides is 2. The summed E-state index contributed by atoms with van der Waals surface area (Å²) in [7, 11) is 0. The van der Waals surface area contributed by atoms with Gasteiger partial charge in [-0.2, -0.15) is 0 Å². The fourth-order valence-electron chi connectivity index (χ4n) is 3.03. The van der Waals surface area contributed by atoms with Gasteiger partial charge >= 0.3 is 0 Å². The standard InChI is InChI=1S/C20H22FN3O3/c1-15(25)23-11-19(27-14-16-4-2-6-18(21)8-16)12-24(20(26)13-23)10-17-5-3-7-22-9-17/h2-9,19H,10-14H2,1H3. The summed E-state index contributed by atoms with van der Waals surface area (Å²) in [5, 5.41) is 0. The molecule has 1 aromatic carbocycles. The van der Waals surface area contributed by atoms with Crippen LogP contribution in [0.1, 0.15) is 18.1 Å². The van der Waals surface area contributed by atoms with Crippen molar-refractivity contribution in [2.75, 3.05) is 19.6 Å². The van der Waals surface area contributed by atoms with Crippen LogP contribution in [-0.2, 0) is 27.5 Å². The first-order valence-electron chi connectivity index (χ1n) is 8.79. The molecule has 1 fully saturated rings. The first-order chi connectivity index (χ1) is 13.0. The molecule has 0 spiro atoms. The number of aromatic nitrogens is 1. The Balaban J connectivity index is 1.71. The van der Waals surface area contributed by atoms with Crippen LogP contribution in [0.3, 0.4) is 0 Å². The molecule has 6 nitrogen and oxygen atoms in total. The number of halogens is 1. The minimum Gasteiger partial charge on any atom is -0.370 e. The fraction of sp³-hybridized carbons (Fsp3) is 0.350. The predicted molar refractivity (Wildman–Crippen MR) is 96.9 cm³/mol. The van der Waals surface area contributed by atoms with E-state index >= 15 is 0 Å². The van der Waals surface area contributed by atoms with E-state index in [1.807, 2.05) is 12.1 Å². The maximum Gasteiger partial charge on any atom is 0.242 e. The number of benzene rings is 1. The summed E-state index contributed by atoms with van der Waals surface area (Å²) in [6.45, 7) is 2.75. The molecule has 3 rings (SSSR count). The van der Waals surface area contributed by atoms with E-state index in [1.165, 1.54) is 24.0 Å². The lowest BCUT2D eigenvalue weighted by Crippen LogP contribution is -2.38. The van der Waals surface area contributed by atoms with Crippen LogP contribution in [0.15, 0.2) is 48.8 Å². The Morgan fingerprint density at radius 2 is 2.07 bits per heavy atom. The summed E-state index contributed by atoms with van der Waals surface area (Å²) in [6.07, 6.45) is 3.03. The van der Waals surface area contributed by atoms with Gasteiger partial charge in [-0.05, 0) is 29.3 Å². The smallest absolute Gasteiger partial charge is 0.242 e. The van der Waals surface area contributed by atoms with Crippen LogP contribution in [0.25, 0.3) is 0 Å². The molecule has 2 aromatic rings. The van der Waals surface area contributed by atoms with Gasteiger partial charge in [0.15, 0.2) is 0 Å². The topological polar surface area (TPSA) is 62.7 Å². The van der Waals surface area contributed by atoms with Crippen molar-refractivity contribution in [3.8, 4) is 0 Å². The van der Waals surface area contributed by atoms with E-state index in [0.29, 0.717) is 25.2 Å². The number of carbonyl (C=O) groups is 2. The average molecular weight is 371 g/mol. The molecule has 27 heavy (non-hydrogen) atoms. The number of hydrogen-bond donors (Lipinski definition) is 0. The number of pyridine rings is 1. The number of ether oxygens (including phenoxy) is 1. The molecule has 2 amide bonds. The summed E-state index contributed by atoms with van der Waals surface area (Å²) in [4.78, 5) is 31.7. The van der Waals surface area contributed by atoms with E-state index in [4.69, 9.17) is 4.74 Å². The van der Waals surface area contributed by atoms with Crippen LogP contribution in [0.5, 0.6) is 0 Å². The van der Waals surface area contributed by atoms with Gasteiger partial charge in [0.1, 0.15) is 5.82 Å². The monoisotopic (exact) mass is 371 g/mol. The van der Waals surface area contributed by atoms with Crippen molar-refractivity contribution >= 4 is 11.8 Å². The van der Waals surface area contributed by atoms with Crippen molar-refractivity contribution in [1.29, 1.82) is 0 Å². The third-order valence-electron chi connectivity index (χ3n) is 4.44. The molecule has 2 heterocycles. The largest absolute Gasteiger partial charge is 0.370 e. The van der Waals surface area contributed by atoms with Gasteiger partial charge in [0.05, 0.1) is 19.3 Å². The maximum absolute atomic E-state index is 13.4. The molecule has 0 bridgehead atoms. The number of carbonyl (C=O) groups excluding carboxylic acids is 2. The highest BCUT2D eigenvalue weighted by Crippen LogP contribution is 2.14. The van der Waals surface area contributed by atoms with Crippen LogP contribution in [0.2, 0.25) is 0 Å². The average Bonchev–Trinajstić information content (AvgIpc) is 2.80. The van der Waals surface area contributed by atoms with Crippen molar-refractivity contribution in [1.82, 2.24) is 14.8 Å². The van der Waals surface area contributed by atoms with Gasteiger partial charge in [0.2, 0.25) is 11.8 Å². The first-order valence-corrected chi connectivity index (χ1v) is 8.79. The molecule has 1 aliphatic rings. The van der Waals surface area contributed by atoms with Crippen LogP contribution in [0, 0.1) is 5.82 Å². The van der Waals surface area contributed by atoms with Crippen LogP contribution >= 0.6 is 0 Å². The maximum atomic E-state index is 13.4. The number of nitrogens with zero attached hydrogens (tertiary/aromatic N) is 3.